The number of likely N-dealkylation sites (N-methyl/N-ethyl adjacent to an activating group) is 2. The average molecular weight is 665 g/mol. The molecule has 4 heterocycles. The van der Waals surface area contributed by atoms with E-state index in [1.54, 1.807) is 43.5 Å². The maximum Gasteiger partial charge on any atom is 0.0213 e. The molecule has 0 saturated carbocycles. The Morgan fingerprint density at radius 1 is 0.438 bits per heavy atom. The van der Waals surface area contributed by atoms with E-state index in [1.165, 1.54) is 34.6 Å². The maximum atomic E-state index is 2.59. The molecule has 2 nitrogen and oxygen atoms in total. The molecule has 4 atom stereocenters. The Balaban J connectivity index is 1.41. The lowest BCUT2D eigenvalue weighted by Gasteiger charge is -2.38. The van der Waals surface area contributed by atoms with Gasteiger partial charge < -0.3 is 9.80 Å². The fourth-order valence-electron chi connectivity index (χ4n) is 9.05. The zero-order valence-corrected chi connectivity index (χ0v) is 31.0. The fourth-order valence-corrected chi connectivity index (χ4v) is 17.1. The van der Waals surface area contributed by atoms with Gasteiger partial charge in [-0.25, -0.2) is 0 Å². The number of hydrogen-bond acceptors (Lipinski definition) is 2. The third kappa shape index (κ3) is 4.91. The first-order valence-corrected chi connectivity index (χ1v) is 20.3. The number of allylic oxidation sites excluding steroid dienone is 4. The van der Waals surface area contributed by atoms with Crippen LogP contribution in [0.25, 0.3) is 21.8 Å². The van der Waals surface area contributed by atoms with Crippen LogP contribution in [-0.4, -0.2) is 63.4 Å². The highest BCUT2D eigenvalue weighted by atomic mass is 31.1. The molecule has 0 aromatic heterocycles. The van der Waals surface area contributed by atoms with Crippen LogP contribution in [0.4, 0.5) is 0 Å². The molecule has 0 aliphatic carbocycles. The molecule has 8 rings (SSSR count). The van der Waals surface area contributed by atoms with E-state index < -0.39 is 15.8 Å². The zero-order valence-electron chi connectivity index (χ0n) is 29.2. The molecule has 0 radical (unpaired) electrons. The van der Waals surface area contributed by atoms with E-state index in [-0.39, 0.29) is 10.8 Å². The summed E-state index contributed by atoms with van der Waals surface area (Å²) in [7, 11) is 7.95. The Morgan fingerprint density at radius 2 is 0.729 bits per heavy atom. The van der Waals surface area contributed by atoms with Crippen molar-refractivity contribution in [3.05, 3.63) is 165 Å². The summed E-state index contributed by atoms with van der Waals surface area (Å²) in [5, 5.41) is 6.72. The first kappa shape index (κ1) is 31.9. The van der Waals surface area contributed by atoms with Crippen molar-refractivity contribution >= 4 is 37.6 Å². The van der Waals surface area contributed by atoms with Gasteiger partial charge in [0, 0.05) is 23.9 Å². The predicted octanol–water partition coefficient (Wildman–Crippen LogP) is 10.8. The third-order valence-electron chi connectivity index (χ3n) is 10.9. The standard InChI is InChI=1S/C44H46N2P2/c1-43-29-47(39(33-23-15-9-16-24-33)37(43)31-19-11-7-12-20-31)41(35(43)27-45(3)4)42-36(28-46(5)6)44(2)30-48(42)40(34-25-17-10-18-26-34)38(44)32-21-13-8-14-22-32/h7-26H,27-30H2,1-6H3/t43-,44+,47?,48?. The molecule has 0 N–H and O–H groups in total. The predicted molar refractivity (Wildman–Crippen MR) is 210 cm³/mol. The summed E-state index contributed by atoms with van der Waals surface area (Å²) < 4.78 is 0. The van der Waals surface area contributed by atoms with E-state index in [0.29, 0.717) is 0 Å². The van der Waals surface area contributed by atoms with Crippen LogP contribution in [0.3, 0.4) is 0 Å². The molecular weight excluding hydrogens is 618 g/mol. The van der Waals surface area contributed by atoms with Crippen molar-refractivity contribution in [2.24, 2.45) is 10.8 Å². The molecule has 242 valence electrons. The molecule has 4 heteroatoms. The van der Waals surface area contributed by atoms with Crippen molar-refractivity contribution in [3.8, 4) is 0 Å². The molecule has 0 spiro atoms. The van der Waals surface area contributed by atoms with Gasteiger partial charge in [0.05, 0.1) is 0 Å². The van der Waals surface area contributed by atoms with Gasteiger partial charge in [-0.2, -0.15) is 0 Å². The summed E-state index contributed by atoms with van der Waals surface area (Å²) >= 11 is 0. The van der Waals surface area contributed by atoms with Crippen molar-refractivity contribution in [1.82, 2.24) is 9.80 Å². The molecule has 4 aliphatic rings. The van der Waals surface area contributed by atoms with E-state index >= 15 is 0 Å². The van der Waals surface area contributed by atoms with Crippen LogP contribution in [0.15, 0.2) is 143 Å². The molecule has 4 aromatic carbocycles. The minimum Gasteiger partial charge on any atom is -0.305 e. The highest BCUT2D eigenvalue weighted by Crippen LogP contribution is 2.87. The second-order valence-corrected chi connectivity index (χ2v) is 19.0. The van der Waals surface area contributed by atoms with Crippen molar-refractivity contribution in [2.45, 2.75) is 13.8 Å². The lowest BCUT2D eigenvalue weighted by atomic mass is 9.71. The van der Waals surface area contributed by atoms with Crippen LogP contribution in [0.5, 0.6) is 0 Å². The summed E-state index contributed by atoms with van der Waals surface area (Å²) in [6.07, 6.45) is 2.42. The van der Waals surface area contributed by atoms with Gasteiger partial charge >= 0.3 is 0 Å². The van der Waals surface area contributed by atoms with Crippen molar-refractivity contribution in [3.63, 3.8) is 0 Å². The zero-order chi connectivity index (χ0) is 33.2. The molecule has 0 saturated heterocycles. The molecule has 0 amide bonds. The molecular formula is C44H46N2P2. The summed E-state index contributed by atoms with van der Waals surface area (Å²) in [6.45, 7) is 7.17. The Labute approximate surface area is 290 Å². The van der Waals surface area contributed by atoms with Gasteiger partial charge in [0.25, 0.3) is 0 Å². The number of benzene rings is 4. The normalized spacial score (nSPS) is 26.3. The molecule has 4 aliphatic heterocycles. The van der Waals surface area contributed by atoms with E-state index in [0.717, 1.165) is 13.1 Å². The smallest absolute Gasteiger partial charge is 0.0213 e. The highest BCUT2D eigenvalue weighted by molar-refractivity contribution is 7.79. The average Bonchev–Trinajstić information content (AvgIpc) is 3.76. The van der Waals surface area contributed by atoms with Crippen molar-refractivity contribution in [1.29, 1.82) is 0 Å². The molecule has 48 heavy (non-hydrogen) atoms. The van der Waals surface area contributed by atoms with E-state index in [2.05, 4.69) is 173 Å². The Bertz CT molecular complexity index is 1840. The van der Waals surface area contributed by atoms with E-state index in [4.69, 9.17) is 0 Å². The van der Waals surface area contributed by atoms with Gasteiger partial charge in [-0.1, -0.05) is 135 Å². The maximum absolute atomic E-state index is 2.59. The quantitative estimate of drug-likeness (QED) is 0.164. The van der Waals surface area contributed by atoms with Gasteiger partial charge in [-0.15, -0.1) is 0 Å². The minimum absolute atomic E-state index is 0.00780. The van der Waals surface area contributed by atoms with Gasteiger partial charge in [-0.3, -0.25) is 0 Å². The lowest BCUT2D eigenvalue weighted by Crippen LogP contribution is -2.30. The summed E-state index contributed by atoms with van der Waals surface area (Å²) in [6, 6.07) is 45.4. The van der Waals surface area contributed by atoms with Crippen molar-refractivity contribution < 1.29 is 0 Å². The van der Waals surface area contributed by atoms with E-state index in [9.17, 15) is 0 Å². The van der Waals surface area contributed by atoms with Crippen LogP contribution in [0, 0.1) is 10.8 Å². The van der Waals surface area contributed by atoms with Gasteiger partial charge in [0.2, 0.25) is 0 Å². The molecule has 0 fully saturated rings. The Hall–Kier alpha value is -3.38. The SMILES string of the molecule is CN(C)CC1=C(C2=C(CN(C)C)[C@@]3(C)CP2C(c2ccccc2)=C3c2ccccc2)P2C[C@]1(C)C(c1ccccc1)=C2c1ccccc1. The lowest BCUT2D eigenvalue weighted by molar-refractivity contribution is 0.411. The number of nitrogens with zero attached hydrogens (tertiary/aromatic N) is 2. The van der Waals surface area contributed by atoms with Crippen LogP contribution in [-0.2, 0) is 0 Å². The van der Waals surface area contributed by atoms with Crippen LogP contribution < -0.4 is 0 Å². The molecule has 2 unspecified atom stereocenters. The number of rotatable bonds is 9. The largest absolute Gasteiger partial charge is 0.305 e. The second-order valence-electron chi connectivity index (χ2n) is 14.9. The summed E-state index contributed by atoms with van der Waals surface area (Å²) in [5.41, 5.74) is 12.1. The van der Waals surface area contributed by atoms with E-state index in [1.807, 2.05) is 0 Å². The summed E-state index contributed by atoms with van der Waals surface area (Å²) in [4.78, 5) is 4.86. The molecule has 4 bridgehead atoms. The van der Waals surface area contributed by atoms with Gasteiger partial charge in [0.15, 0.2) is 0 Å². The Morgan fingerprint density at radius 3 is 1.02 bits per heavy atom. The fraction of sp³-hybridized carbons (Fsp3) is 0.273. The first-order valence-electron chi connectivity index (χ1n) is 17.3. The summed E-state index contributed by atoms with van der Waals surface area (Å²) in [5.74, 6) is 0. The number of hydrogen-bond donors (Lipinski definition) is 0. The minimum atomic E-state index is -0.557. The third-order valence-corrected chi connectivity index (χ3v) is 17.1. The molecule has 4 aromatic rings. The number of fused-ring (bicyclic) bond motifs is 4. The topological polar surface area (TPSA) is 6.48 Å². The van der Waals surface area contributed by atoms with Gasteiger partial charge in [0.1, 0.15) is 0 Å². The van der Waals surface area contributed by atoms with Gasteiger partial charge in [-0.05, 0) is 122 Å². The van der Waals surface area contributed by atoms with Crippen molar-refractivity contribution in [2.75, 3.05) is 53.6 Å². The van der Waals surface area contributed by atoms with Crippen LogP contribution in [0.1, 0.15) is 36.1 Å². The monoisotopic (exact) mass is 664 g/mol. The second kappa shape index (κ2) is 12.2. The Kier molecular flexibility index (Phi) is 8.09. The highest BCUT2D eigenvalue weighted by Gasteiger charge is 2.60. The van der Waals surface area contributed by atoms with Crippen LogP contribution >= 0.6 is 15.8 Å². The first-order chi connectivity index (χ1) is 23.2. The van der Waals surface area contributed by atoms with Crippen LogP contribution in [0.2, 0.25) is 0 Å².